The van der Waals surface area contributed by atoms with Crippen molar-refractivity contribution in [2.75, 3.05) is 32.1 Å². The number of fused-ring (bicyclic) bond motifs is 1. The molecule has 156 valence electrons. The van der Waals surface area contributed by atoms with E-state index in [1.807, 2.05) is 33.9 Å². The maximum Gasteiger partial charge on any atom is 0.410 e. The molecule has 0 spiro atoms. The van der Waals surface area contributed by atoms with Crippen LogP contribution in [0, 0.1) is 0 Å². The zero-order valence-electron chi connectivity index (χ0n) is 17.6. The first-order valence-corrected chi connectivity index (χ1v) is 9.74. The van der Waals surface area contributed by atoms with Gasteiger partial charge in [-0.25, -0.2) is 9.59 Å². The van der Waals surface area contributed by atoms with E-state index in [4.69, 9.17) is 9.47 Å². The number of amides is 1. The second-order valence-electron chi connectivity index (χ2n) is 8.21. The number of ether oxygens (including phenoxy) is 2. The molecule has 1 aromatic heterocycles. The zero-order valence-corrected chi connectivity index (χ0v) is 17.6. The molecule has 1 atom stereocenters. The molecule has 0 N–H and O–H groups in total. The van der Waals surface area contributed by atoms with Crippen molar-refractivity contribution in [2.45, 2.75) is 45.3 Å². The third-order valence-electron chi connectivity index (χ3n) is 4.99. The van der Waals surface area contributed by atoms with Crippen LogP contribution in [0.5, 0.6) is 0 Å². The molecule has 1 aliphatic heterocycles. The van der Waals surface area contributed by atoms with Gasteiger partial charge in [-0.1, -0.05) is 0 Å². The van der Waals surface area contributed by atoms with E-state index >= 15 is 0 Å². The molecular weight excluding hydrogens is 372 g/mol. The van der Waals surface area contributed by atoms with Crippen LogP contribution < -0.4 is 4.90 Å². The normalized spacial score (nSPS) is 17.1. The molecule has 1 amide bonds. The van der Waals surface area contributed by atoms with Gasteiger partial charge in [-0.05, 0) is 45.7 Å². The molecule has 0 radical (unpaired) electrons. The summed E-state index contributed by atoms with van der Waals surface area (Å²) in [6, 6.07) is 3.67. The number of aromatic nitrogens is 2. The second kappa shape index (κ2) is 8.23. The highest BCUT2D eigenvalue weighted by atomic mass is 16.6. The number of piperidine rings is 1. The Balaban J connectivity index is 1.87. The molecule has 8 nitrogen and oxygen atoms in total. The first-order chi connectivity index (χ1) is 13.7. The minimum Gasteiger partial charge on any atom is -0.465 e. The van der Waals surface area contributed by atoms with Gasteiger partial charge < -0.3 is 19.3 Å². The number of hydrogen-bond acceptors (Lipinski definition) is 7. The van der Waals surface area contributed by atoms with E-state index < -0.39 is 11.6 Å². The Kier molecular flexibility index (Phi) is 5.91. The van der Waals surface area contributed by atoms with Gasteiger partial charge in [0.2, 0.25) is 0 Å². The number of methoxy groups -OCH3 is 1. The van der Waals surface area contributed by atoms with Crippen LogP contribution in [0.3, 0.4) is 0 Å². The summed E-state index contributed by atoms with van der Waals surface area (Å²) in [6.07, 6.45) is 4.70. The first kappa shape index (κ1) is 20.8. The van der Waals surface area contributed by atoms with E-state index in [9.17, 15) is 9.59 Å². The molecule has 1 aliphatic rings. The van der Waals surface area contributed by atoms with Gasteiger partial charge in [0.25, 0.3) is 0 Å². The highest BCUT2D eigenvalue weighted by Crippen LogP contribution is 2.30. The van der Waals surface area contributed by atoms with Gasteiger partial charge in [-0.3, -0.25) is 9.97 Å². The molecule has 1 unspecified atom stereocenters. The fraction of sp³-hybridized carbons (Fsp3) is 0.524. The summed E-state index contributed by atoms with van der Waals surface area (Å²) in [5.41, 5.74) is 1.85. The fourth-order valence-corrected chi connectivity index (χ4v) is 3.56. The summed E-state index contributed by atoms with van der Waals surface area (Å²) in [6.45, 7) is 6.84. The van der Waals surface area contributed by atoms with Crippen LogP contribution in [-0.2, 0) is 9.47 Å². The van der Waals surface area contributed by atoms with Crippen molar-refractivity contribution < 1.29 is 19.1 Å². The van der Waals surface area contributed by atoms with Crippen LogP contribution >= 0.6 is 0 Å². The number of hydrogen-bond donors (Lipinski definition) is 0. The number of rotatable bonds is 3. The van der Waals surface area contributed by atoms with Crippen molar-refractivity contribution in [3.63, 3.8) is 0 Å². The SMILES string of the molecule is COC(=O)c1ccc(N(C)C2CCCN(C(=O)OC(C)(C)C)C2)c2nccnc12. The highest BCUT2D eigenvalue weighted by molar-refractivity contribution is 6.05. The van der Waals surface area contributed by atoms with Crippen LogP contribution in [0.1, 0.15) is 44.0 Å². The van der Waals surface area contributed by atoms with Crippen molar-refractivity contribution in [2.24, 2.45) is 0 Å². The van der Waals surface area contributed by atoms with Gasteiger partial charge in [0.15, 0.2) is 0 Å². The molecule has 2 aromatic rings. The van der Waals surface area contributed by atoms with Crippen LogP contribution in [0.4, 0.5) is 10.5 Å². The van der Waals surface area contributed by atoms with Gasteiger partial charge in [-0.15, -0.1) is 0 Å². The molecule has 29 heavy (non-hydrogen) atoms. The first-order valence-electron chi connectivity index (χ1n) is 9.74. The summed E-state index contributed by atoms with van der Waals surface area (Å²) < 4.78 is 10.4. The Morgan fingerprint density at radius 2 is 1.86 bits per heavy atom. The Bertz CT molecular complexity index is 909. The molecule has 0 aliphatic carbocycles. The summed E-state index contributed by atoms with van der Waals surface area (Å²) >= 11 is 0. The predicted octanol–water partition coefficient (Wildman–Crippen LogP) is 3.25. The molecule has 1 fully saturated rings. The van der Waals surface area contributed by atoms with E-state index in [1.165, 1.54) is 7.11 Å². The number of carbonyl (C=O) groups is 2. The minimum absolute atomic E-state index is 0.102. The highest BCUT2D eigenvalue weighted by Gasteiger charge is 2.30. The van der Waals surface area contributed by atoms with Crippen molar-refractivity contribution in [3.8, 4) is 0 Å². The molecule has 1 aromatic carbocycles. The molecule has 2 heterocycles. The molecule has 0 saturated carbocycles. The number of esters is 1. The Labute approximate surface area is 170 Å². The third kappa shape index (κ3) is 4.58. The summed E-state index contributed by atoms with van der Waals surface area (Å²) in [7, 11) is 3.32. The molecule has 3 rings (SSSR count). The van der Waals surface area contributed by atoms with Gasteiger partial charge in [0.05, 0.1) is 18.4 Å². The average Bonchev–Trinajstić information content (AvgIpc) is 2.70. The Hall–Kier alpha value is -2.90. The Morgan fingerprint density at radius 1 is 1.17 bits per heavy atom. The van der Waals surface area contributed by atoms with E-state index in [0.717, 1.165) is 18.5 Å². The molecule has 8 heteroatoms. The van der Waals surface area contributed by atoms with Gasteiger partial charge in [0, 0.05) is 38.6 Å². The smallest absolute Gasteiger partial charge is 0.410 e. The van der Waals surface area contributed by atoms with Crippen LogP contribution in [0.25, 0.3) is 11.0 Å². The van der Waals surface area contributed by atoms with Crippen LogP contribution in [0.2, 0.25) is 0 Å². The maximum absolute atomic E-state index is 12.5. The third-order valence-corrected chi connectivity index (χ3v) is 4.99. The summed E-state index contributed by atoms with van der Waals surface area (Å²) in [4.78, 5) is 37.2. The van der Waals surface area contributed by atoms with Crippen molar-refractivity contribution in [1.29, 1.82) is 0 Å². The van der Waals surface area contributed by atoms with Crippen LogP contribution in [-0.4, -0.2) is 65.8 Å². The monoisotopic (exact) mass is 400 g/mol. The number of nitrogens with zero attached hydrogens (tertiary/aromatic N) is 4. The lowest BCUT2D eigenvalue weighted by atomic mass is 10.0. The fourth-order valence-electron chi connectivity index (χ4n) is 3.56. The van der Waals surface area contributed by atoms with E-state index in [1.54, 1.807) is 23.4 Å². The quantitative estimate of drug-likeness (QED) is 0.731. The number of benzene rings is 1. The minimum atomic E-state index is -0.522. The number of carbonyl (C=O) groups excluding carboxylic acids is 2. The summed E-state index contributed by atoms with van der Waals surface area (Å²) in [5.74, 6) is -0.446. The number of likely N-dealkylation sites (tertiary alicyclic amines) is 1. The number of likely N-dealkylation sites (N-methyl/N-ethyl adjacent to an activating group) is 1. The second-order valence-corrected chi connectivity index (χ2v) is 8.21. The standard InChI is InChI=1S/C21H28N4O4/c1-21(2,3)29-20(27)25-12-6-7-14(13-25)24(4)16-9-8-15(19(26)28-5)17-18(16)23-11-10-22-17/h8-11,14H,6-7,12-13H2,1-5H3. The predicted molar refractivity (Wildman–Crippen MR) is 110 cm³/mol. The average molecular weight is 400 g/mol. The lowest BCUT2D eigenvalue weighted by Gasteiger charge is -2.39. The largest absolute Gasteiger partial charge is 0.465 e. The van der Waals surface area contributed by atoms with E-state index in [0.29, 0.717) is 29.7 Å². The van der Waals surface area contributed by atoms with Crippen molar-refractivity contribution in [1.82, 2.24) is 14.9 Å². The topological polar surface area (TPSA) is 84.9 Å². The van der Waals surface area contributed by atoms with E-state index in [2.05, 4.69) is 14.9 Å². The zero-order chi connectivity index (χ0) is 21.2. The van der Waals surface area contributed by atoms with Gasteiger partial charge in [-0.2, -0.15) is 0 Å². The molecular formula is C21H28N4O4. The summed E-state index contributed by atoms with van der Waals surface area (Å²) in [5, 5.41) is 0. The number of anilines is 1. The van der Waals surface area contributed by atoms with E-state index in [-0.39, 0.29) is 12.1 Å². The van der Waals surface area contributed by atoms with Crippen LogP contribution in [0.15, 0.2) is 24.5 Å². The van der Waals surface area contributed by atoms with Crippen molar-refractivity contribution >= 4 is 28.8 Å². The molecule has 1 saturated heterocycles. The lowest BCUT2D eigenvalue weighted by molar-refractivity contribution is 0.0199. The molecule has 0 bridgehead atoms. The van der Waals surface area contributed by atoms with Crippen molar-refractivity contribution in [3.05, 3.63) is 30.1 Å². The Morgan fingerprint density at radius 3 is 2.52 bits per heavy atom. The maximum atomic E-state index is 12.5. The lowest BCUT2D eigenvalue weighted by Crippen LogP contribution is -2.50. The van der Waals surface area contributed by atoms with Gasteiger partial charge >= 0.3 is 12.1 Å². The van der Waals surface area contributed by atoms with Gasteiger partial charge in [0.1, 0.15) is 16.6 Å².